The van der Waals surface area contributed by atoms with E-state index < -0.39 is 0 Å². The average Bonchev–Trinajstić information content (AvgIpc) is 2.81. The molecule has 92 valence electrons. The highest BCUT2D eigenvalue weighted by Crippen LogP contribution is 2.14. The van der Waals surface area contributed by atoms with Gasteiger partial charge in [-0.05, 0) is 19.0 Å². The topological polar surface area (TPSA) is 73.4 Å². The Morgan fingerprint density at radius 3 is 3.00 bits per heavy atom. The summed E-state index contributed by atoms with van der Waals surface area (Å²) in [7, 11) is 0. The largest absolute Gasteiger partial charge is 0.508 e. The Morgan fingerprint density at radius 1 is 1.47 bits per heavy atom. The summed E-state index contributed by atoms with van der Waals surface area (Å²) in [5, 5.41) is 18.3. The molecule has 4 N–H and O–H groups in total. The Labute approximate surface area is 100 Å². The Morgan fingerprint density at radius 2 is 2.29 bits per heavy atom. The van der Waals surface area contributed by atoms with Crippen LogP contribution in [0.1, 0.15) is 12.0 Å². The van der Waals surface area contributed by atoms with E-state index in [0.29, 0.717) is 12.1 Å². The summed E-state index contributed by atoms with van der Waals surface area (Å²) in [6.07, 6.45) is 0.962. The second kappa shape index (κ2) is 5.54. The van der Waals surface area contributed by atoms with Crippen LogP contribution in [0.4, 0.5) is 4.79 Å². The van der Waals surface area contributed by atoms with Crippen LogP contribution in [0.2, 0.25) is 0 Å². The van der Waals surface area contributed by atoms with Gasteiger partial charge in [0.1, 0.15) is 5.75 Å². The van der Waals surface area contributed by atoms with Crippen molar-refractivity contribution in [1.29, 1.82) is 0 Å². The van der Waals surface area contributed by atoms with Gasteiger partial charge in [-0.15, -0.1) is 0 Å². The average molecular weight is 235 g/mol. The molecule has 2 amide bonds. The number of aromatic hydroxyl groups is 1. The summed E-state index contributed by atoms with van der Waals surface area (Å²) in [4.78, 5) is 11.6. The molecule has 0 saturated carbocycles. The first-order valence-corrected chi connectivity index (χ1v) is 5.77. The number of benzene rings is 1. The molecule has 0 aromatic heterocycles. The van der Waals surface area contributed by atoms with E-state index in [9.17, 15) is 9.90 Å². The van der Waals surface area contributed by atoms with Crippen molar-refractivity contribution in [3.8, 4) is 5.75 Å². The molecule has 1 aromatic carbocycles. The number of carbonyl (C=O) groups excluding carboxylic acids is 1. The Balaban J connectivity index is 1.77. The number of amides is 2. The number of hydrogen-bond acceptors (Lipinski definition) is 3. The molecule has 1 atom stereocenters. The molecule has 1 aliphatic heterocycles. The fourth-order valence-electron chi connectivity index (χ4n) is 1.85. The van der Waals surface area contributed by atoms with E-state index in [1.807, 2.05) is 6.07 Å². The molecule has 1 fully saturated rings. The highest BCUT2D eigenvalue weighted by Gasteiger charge is 2.16. The lowest BCUT2D eigenvalue weighted by atomic mass is 10.2. The lowest BCUT2D eigenvalue weighted by Gasteiger charge is -2.12. The third kappa shape index (κ3) is 3.35. The fourth-order valence-corrected chi connectivity index (χ4v) is 1.85. The molecule has 1 aliphatic rings. The molecular weight excluding hydrogens is 218 g/mol. The van der Waals surface area contributed by atoms with Gasteiger partial charge in [0.05, 0.1) is 0 Å². The third-order valence-corrected chi connectivity index (χ3v) is 2.83. The number of rotatable bonds is 3. The fraction of sp³-hybridized carbons (Fsp3) is 0.417. The molecule has 0 spiro atoms. The van der Waals surface area contributed by atoms with Crippen molar-refractivity contribution in [2.75, 3.05) is 13.1 Å². The van der Waals surface area contributed by atoms with Gasteiger partial charge in [-0.2, -0.15) is 0 Å². The summed E-state index contributed by atoms with van der Waals surface area (Å²) < 4.78 is 0. The minimum Gasteiger partial charge on any atom is -0.508 e. The van der Waals surface area contributed by atoms with Crippen LogP contribution >= 0.6 is 0 Å². The van der Waals surface area contributed by atoms with Crippen LogP contribution in [-0.4, -0.2) is 30.3 Å². The molecule has 1 heterocycles. The smallest absolute Gasteiger partial charge is 0.315 e. The van der Waals surface area contributed by atoms with Gasteiger partial charge in [-0.3, -0.25) is 0 Å². The zero-order chi connectivity index (χ0) is 12.1. The number of phenolic OH excluding ortho intramolecular Hbond substituents is 1. The van der Waals surface area contributed by atoms with Gasteiger partial charge in [0.15, 0.2) is 0 Å². The highest BCUT2D eigenvalue weighted by atomic mass is 16.3. The van der Waals surface area contributed by atoms with Crippen molar-refractivity contribution in [1.82, 2.24) is 16.0 Å². The van der Waals surface area contributed by atoms with Crippen molar-refractivity contribution in [3.63, 3.8) is 0 Å². The van der Waals surface area contributed by atoms with Crippen molar-refractivity contribution in [3.05, 3.63) is 29.8 Å². The molecule has 2 rings (SSSR count). The standard InChI is InChI=1S/C12H17N3O2/c16-11-4-2-1-3-9(11)7-14-12(17)15-10-5-6-13-8-10/h1-4,10,13,16H,5-8H2,(H2,14,15,17). The van der Waals surface area contributed by atoms with E-state index >= 15 is 0 Å². The second-order valence-corrected chi connectivity index (χ2v) is 4.15. The maximum Gasteiger partial charge on any atom is 0.315 e. The summed E-state index contributed by atoms with van der Waals surface area (Å²) >= 11 is 0. The zero-order valence-corrected chi connectivity index (χ0v) is 9.57. The first kappa shape index (κ1) is 11.7. The SMILES string of the molecule is O=C(NCc1ccccc1O)NC1CCNC1. The minimum absolute atomic E-state index is 0.193. The van der Waals surface area contributed by atoms with E-state index in [-0.39, 0.29) is 17.8 Å². The van der Waals surface area contributed by atoms with Gasteiger partial charge in [0.2, 0.25) is 0 Å². The van der Waals surface area contributed by atoms with E-state index in [0.717, 1.165) is 19.5 Å². The molecule has 5 nitrogen and oxygen atoms in total. The summed E-state index contributed by atoms with van der Waals surface area (Å²) in [6, 6.07) is 6.99. The van der Waals surface area contributed by atoms with Crippen molar-refractivity contribution >= 4 is 6.03 Å². The van der Waals surface area contributed by atoms with Gasteiger partial charge < -0.3 is 21.1 Å². The van der Waals surface area contributed by atoms with Crippen LogP contribution in [0.3, 0.4) is 0 Å². The first-order chi connectivity index (χ1) is 8.25. The first-order valence-electron chi connectivity index (χ1n) is 5.77. The van der Waals surface area contributed by atoms with E-state index in [1.165, 1.54) is 0 Å². The van der Waals surface area contributed by atoms with Crippen LogP contribution in [0.25, 0.3) is 0 Å². The van der Waals surface area contributed by atoms with Crippen molar-refractivity contribution in [2.24, 2.45) is 0 Å². The number of hydrogen-bond donors (Lipinski definition) is 4. The molecule has 0 radical (unpaired) electrons. The number of nitrogens with one attached hydrogen (secondary N) is 3. The number of urea groups is 1. The Hall–Kier alpha value is -1.75. The van der Waals surface area contributed by atoms with Gasteiger partial charge in [-0.25, -0.2) is 4.79 Å². The molecule has 17 heavy (non-hydrogen) atoms. The lowest BCUT2D eigenvalue weighted by molar-refractivity contribution is 0.237. The maximum atomic E-state index is 11.6. The van der Waals surface area contributed by atoms with Gasteiger partial charge in [0.25, 0.3) is 0 Å². The number of phenols is 1. The van der Waals surface area contributed by atoms with Crippen LogP contribution in [0.15, 0.2) is 24.3 Å². The summed E-state index contributed by atoms with van der Waals surface area (Å²) in [5.41, 5.74) is 0.715. The van der Waals surface area contributed by atoms with Crippen LogP contribution in [-0.2, 0) is 6.54 Å². The molecular formula is C12H17N3O2. The van der Waals surface area contributed by atoms with Crippen LogP contribution in [0, 0.1) is 0 Å². The quantitative estimate of drug-likeness (QED) is 0.618. The number of para-hydroxylation sites is 1. The minimum atomic E-state index is -0.193. The molecule has 0 bridgehead atoms. The molecule has 1 aromatic rings. The molecule has 1 unspecified atom stereocenters. The third-order valence-electron chi connectivity index (χ3n) is 2.83. The van der Waals surface area contributed by atoms with Crippen LogP contribution < -0.4 is 16.0 Å². The second-order valence-electron chi connectivity index (χ2n) is 4.15. The lowest BCUT2D eigenvalue weighted by Crippen LogP contribution is -2.42. The summed E-state index contributed by atoms with van der Waals surface area (Å²) in [6.45, 7) is 2.10. The molecule has 1 saturated heterocycles. The predicted molar refractivity (Wildman–Crippen MR) is 64.8 cm³/mol. The van der Waals surface area contributed by atoms with Gasteiger partial charge >= 0.3 is 6.03 Å². The van der Waals surface area contributed by atoms with Crippen molar-refractivity contribution in [2.45, 2.75) is 19.0 Å². The maximum absolute atomic E-state index is 11.6. The normalized spacial score (nSPS) is 18.9. The van der Waals surface area contributed by atoms with Crippen LogP contribution in [0.5, 0.6) is 5.75 Å². The Bertz CT molecular complexity index is 389. The molecule has 5 heteroatoms. The Kier molecular flexibility index (Phi) is 3.82. The van der Waals surface area contributed by atoms with E-state index in [4.69, 9.17) is 0 Å². The molecule has 0 aliphatic carbocycles. The zero-order valence-electron chi connectivity index (χ0n) is 9.57. The van der Waals surface area contributed by atoms with E-state index in [2.05, 4.69) is 16.0 Å². The predicted octanol–water partition coefficient (Wildman–Crippen LogP) is 0.553. The van der Waals surface area contributed by atoms with Gasteiger partial charge in [-0.1, -0.05) is 18.2 Å². The van der Waals surface area contributed by atoms with Gasteiger partial charge in [0, 0.05) is 24.7 Å². The highest BCUT2D eigenvalue weighted by molar-refractivity contribution is 5.74. The monoisotopic (exact) mass is 235 g/mol. The number of carbonyl (C=O) groups is 1. The van der Waals surface area contributed by atoms with E-state index in [1.54, 1.807) is 18.2 Å². The van der Waals surface area contributed by atoms with Crippen molar-refractivity contribution < 1.29 is 9.90 Å². The summed E-state index contributed by atoms with van der Waals surface area (Å²) in [5.74, 6) is 0.204.